The van der Waals surface area contributed by atoms with Gasteiger partial charge in [0.05, 0.1) is 51.1 Å². The Balaban J connectivity index is 0.000000500. The van der Waals surface area contributed by atoms with Gasteiger partial charge in [-0.3, -0.25) is 0 Å². The molecule has 0 aliphatic carbocycles. The summed E-state index contributed by atoms with van der Waals surface area (Å²) >= 11 is 0. The van der Waals surface area contributed by atoms with Gasteiger partial charge >= 0.3 is 49.4 Å². The fourth-order valence-electron chi connectivity index (χ4n) is 7.73. The van der Waals surface area contributed by atoms with Crippen molar-refractivity contribution in [3.63, 3.8) is 0 Å². The number of ether oxygens (including phenoxy) is 1. The fourth-order valence-corrected chi connectivity index (χ4v) is 7.73. The Hall–Kier alpha value is -6.57. The number of hydrogen-bond acceptors (Lipinski definition) is 1. The predicted molar refractivity (Wildman–Crippen MR) is 218 cm³/mol. The summed E-state index contributed by atoms with van der Waals surface area (Å²) in [7, 11) is 0. The molecule has 0 N–H and O–H groups in total. The van der Waals surface area contributed by atoms with Crippen LogP contribution >= 0.6 is 0 Å². The zero-order valence-electron chi connectivity index (χ0n) is 36.7. The maximum atomic E-state index is 14.2. The number of benzene rings is 5. The van der Waals surface area contributed by atoms with Gasteiger partial charge in [-0.15, -0.1) is 0 Å². The Morgan fingerprint density at radius 1 is 0.351 bits per heavy atom. The summed E-state index contributed by atoms with van der Waals surface area (Å²) in [5.41, 5.74) is -28.9. The van der Waals surface area contributed by atoms with Crippen LogP contribution in [0.3, 0.4) is 0 Å². The maximum Gasteiger partial charge on any atom is 0.416 e. The molecule has 74 heavy (non-hydrogen) atoms. The number of alkyl halides is 24. The first-order chi connectivity index (χ1) is 33.6. The second-order valence-corrected chi connectivity index (χ2v) is 16.3. The molecule has 0 bridgehead atoms. The molecular weight excluding hydrogens is 1060 g/mol. The molecule has 5 aromatic carbocycles. The number of aromatic nitrogens is 1. The molecule has 2 nitrogen and oxygen atoms in total. The van der Waals surface area contributed by atoms with E-state index in [1.54, 1.807) is 0 Å². The van der Waals surface area contributed by atoms with E-state index in [4.69, 9.17) is 4.74 Å². The van der Waals surface area contributed by atoms with E-state index < -0.39 is 195 Å². The van der Waals surface area contributed by atoms with Crippen molar-refractivity contribution in [1.29, 1.82) is 0 Å². The number of halogens is 24. The smallest absolute Gasteiger partial charge is 0.416 e. The number of pyridine rings is 1. The highest BCUT2D eigenvalue weighted by Crippen LogP contribution is 2.41. The van der Waals surface area contributed by atoms with Crippen LogP contribution in [0.4, 0.5) is 105 Å². The topological polar surface area (TPSA) is 13.1 Å². The summed E-state index contributed by atoms with van der Waals surface area (Å²) in [6.07, 6.45) is -49.6. The van der Waals surface area contributed by atoms with Crippen molar-refractivity contribution in [3.8, 4) is 5.75 Å². The molecule has 0 amide bonds. The molecule has 0 atom stereocenters. The molecule has 0 unspecified atom stereocenters. The molecule has 0 aliphatic heterocycles. The summed E-state index contributed by atoms with van der Waals surface area (Å²) in [6, 6.07) is 5.60. The summed E-state index contributed by atoms with van der Waals surface area (Å²) in [4.78, 5) is 0. The van der Waals surface area contributed by atoms with Crippen LogP contribution in [0.1, 0.15) is 63.4 Å². The molecule has 1 aromatic heterocycles. The summed E-state index contributed by atoms with van der Waals surface area (Å²) in [6.45, 7) is 3.79. The first-order valence-electron chi connectivity index (χ1n) is 20.7. The van der Waals surface area contributed by atoms with Gasteiger partial charge in [0.25, 0.3) is 0 Å². The summed E-state index contributed by atoms with van der Waals surface area (Å²) in [5, 5.41) is 0. The van der Waals surface area contributed by atoms with Gasteiger partial charge in [-0.1, -0.05) is 61.5 Å². The van der Waals surface area contributed by atoms with E-state index in [0.717, 1.165) is 25.3 Å². The van der Waals surface area contributed by atoms with E-state index in [1.165, 1.54) is 5.56 Å². The van der Waals surface area contributed by atoms with Crippen molar-refractivity contribution < 1.29 is 115 Å². The largest absolute Gasteiger partial charge is 0.494 e. The molecule has 400 valence electrons. The maximum absolute atomic E-state index is 14.2. The SMILES string of the molecule is CCCOc1ccc(C[n+]2ccccc2)cc1.FC(F)(F)c1cc([B-](c2cc(C(F)(F)F)cc(C(F)(F)F)c2)(c2cc(C(F)(F)F)cc(C(F)(F)F)c2)c2cc(C(F)(F)F)cc(C(F)(F)F)c2)cc(C(F)(F)F)c1. The normalized spacial score (nSPS) is 13.4. The minimum absolute atomic E-state index is 0.691. The van der Waals surface area contributed by atoms with Crippen LogP contribution in [-0.2, 0) is 56.0 Å². The van der Waals surface area contributed by atoms with Crippen LogP contribution in [0.5, 0.6) is 5.75 Å². The van der Waals surface area contributed by atoms with Gasteiger partial charge in [-0.05, 0) is 55.0 Å². The molecule has 0 saturated carbocycles. The average Bonchev–Trinajstić information content (AvgIpc) is 3.27. The summed E-state index contributed by atoms with van der Waals surface area (Å²) < 4.78 is 349. The highest BCUT2D eigenvalue weighted by molar-refractivity contribution is 7.20. The first kappa shape index (κ1) is 58.3. The molecule has 6 aromatic rings. The van der Waals surface area contributed by atoms with Crippen LogP contribution in [0.25, 0.3) is 0 Å². The number of nitrogens with zero attached hydrogens (tertiary/aromatic N) is 1. The molecule has 27 heteroatoms. The van der Waals surface area contributed by atoms with E-state index >= 15 is 0 Å². The van der Waals surface area contributed by atoms with E-state index in [-0.39, 0.29) is 0 Å². The third kappa shape index (κ3) is 14.0. The van der Waals surface area contributed by atoms with Crippen LogP contribution in [0.15, 0.2) is 128 Å². The second kappa shape index (κ2) is 20.6. The highest BCUT2D eigenvalue weighted by atomic mass is 19.4. The Kier molecular flexibility index (Phi) is 16.3. The van der Waals surface area contributed by atoms with E-state index in [1.807, 2.05) is 30.3 Å². The Bertz CT molecular complexity index is 2450. The van der Waals surface area contributed by atoms with Crippen LogP contribution in [-0.4, -0.2) is 12.8 Å². The molecule has 0 aliphatic rings. The monoisotopic (exact) mass is 1090 g/mol. The lowest BCUT2D eigenvalue weighted by Gasteiger charge is -2.46. The lowest BCUT2D eigenvalue weighted by molar-refractivity contribution is -0.688. The van der Waals surface area contributed by atoms with Crippen molar-refractivity contribution in [2.45, 2.75) is 69.3 Å². The predicted octanol–water partition coefficient (Wildman–Crippen LogP) is 14.0. The molecule has 1 heterocycles. The summed E-state index contributed by atoms with van der Waals surface area (Å²) in [5.74, 6) is 0.952. The highest BCUT2D eigenvalue weighted by Gasteiger charge is 2.47. The van der Waals surface area contributed by atoms with Gasteiger partial charge in [0.1, 0.15) is 11.9 Å². The van der Waals surface area contributed by atoms with E-state index in [9.17, 15) is 105 Å². The van der Waals surface area contributed by atoms with Gasteiger partial charge in [-0.2, -0.15) is 127 Å². The first-order valence-corrected chi connectivity index (χ1v) is 20.7. The molecule has 0 fully saturated rings. The van der Waals surface area contributed by atoms with Gasteiger partial charge in [-0.25, -0.2) is 4.57 Å². The zero-order valence-corrected chi connectivity index (χ0v) is 36.7. The Morgan fingerprint density at radius 2 is 0.595 bits per heavy atom. The zero-order chi connectivity index (χ0) is 55.8. The van der Waals surface area contributed by atoms with Crippen molar-refractivity contribution >= 4 is 28.0 Å². The molecule has 0 saturated heterocycles. The Labute approximate surface area is 401 Å². The number of rotatable bonds is 9. The van der Waals surface area contributed by atoms with Crippen molar-refractivity contribution in [3.05, 3.63) is 178 Å². The van der Waals surface area contributed by atoms with Gasteiger partial charge in [0.2, 0.25) is 0 Å². The lowest BCUT2D eigenvalue weighted by atomic mass is 9.12. The van der Waals surface area contributed by atoms with Crippen molar-refractivity contribution in [2.75, 3.05) is 6.61 Å². The van der Waals surface area contributed by atoms with E-state index in [0.29, 0.717) is 0 Å². The van der Waals surface area contributed by atoms with E-state index in [2.05, 4.69) is 36.0 Å². The lowest BCUT2D eigenvalue weighted by Crippen LogP contribution is -2.75. The van der Waals surface area contributed by atoms with Gasteiger partial charge < -0.3 is 4.74 Å². The fraction of sp³-hybridized carbons (Fsp3) is 0.255. The van der Waals surface area contributed by atoms with Crippen molar-refractivity contribution in [1.82, 2.24) is 0 Å². The minimum Gasteiger partial charge on any atom is -0.494 e. The van der Waals surface area contributed by atoms with Crippen molar-refractivity contribution in [2.24, 2.45) is 0 Å². The average molecular weight is 1090 g/mol. The number of hydrogen-bond donors (Lipinski definition) is 0. The van der Waals surface area contributed by atoms with Crippen LogP contribution < -0.4 is 31.2 Å². The molecular formula is C47H30BF24NO. The van der Waals surface area contributed by atoms with Gasteiger partial charge in [0, 0.05) is 17.7 Å². The quantitative estimate of drug-likeness (QED) is 0.0799. The van der Waals surface area contributed by atoms with Gasteiger partial charge in [0.15, 0.2) is 18.9 Å². The third-order valence-corrected chi connectivity index (χ3v) is 11.0. The minimum atomic E-state index is -6.13. The Morgan fingerprint density at radius 3 is 0.811 bits per heavy atom. The second-order valence-electron chi connectivity index (χ2n) is 16.3. The molecule has 0 radical (unpaired) electrons. The van der Waals surface area contributed by atoms with Crippen LogP contribution in [0, 0.1) is 0 Å². The third-order valence-electron chi connectivity index (χ3n) is 11.0. The molecule has 0 spiro atoms. The molecule has 6 rings (SSSR count). The van der Waals surface area contributed by atoms with Crippen LogP contribution in [0.2, 0.25) is 0 Å². The standard InChI is InChI=1S/C32H12BF24.C15H18NO/c34-25(35,36)13-1-14(26(37,38)39)6-21(5-13)33(22-7-15(27(40,41)42)2-16(8-22)28(43,44)45,23-9-17(29(46,47)48)3-18(10-23)30(49,50)51)24-11-19(31(52,53)54)4-20(12-24)32(55,56)57;1-2-12-17-15-8-6-14(7-9-15)13-16-10-4-3-5-11-16/h1-12H;3-11H,2,12-13H2,1H3/q-1;+1.